The number of fused-ring (bicyclic) bond motifs is 4. The van der Waals surface area contributed by atoms with Crippen molar-refractivity contribution in [3.8, 4) is 0 Å². The summed E-state index contributed by atoms with van der Waals surface area (Å²) in [5.41, 5.74) is 4.05. The Morgan fingerprint density at radius 3 is 2.84 bits per heavy atom. The largest absolute Gasteiger partial charge is 0.341 e. The van der Waals surface area contributed by atoms with Crippen LogP contribution in [0, 0.1) is 0 Å². The lowest BCUT2D eigenvalue weighted by molar-refractivity contribution is 0.375. The SMILES string of the molecule is CC1c2ccc3ccccc3c2C=C2C=CC=CN21. The van der Waals surface area contributed by atoms with Gasteiger partial charge in [0.15, 0.2) is 0 Å². The normalized spacial score (nSPS) is 20.2. The van der Waals surface area contributed by atoms with Crippen LogP contribution in [-0.2, 0) is 0 Å². The second-order valence-electron chi connectivity index (χ2n) is 5.14. The van der Waals surface area contributed by atoms with Crippen LogP contribution in [0.2, 0.25) is 0 Å². The van der Waals surface area contributed by atoms with E-state index in [0.29, 0.717) is 6.04 Å². The van der Waals surface area contributed by atoms with Crippen LogP contribution in [0.15, 0.2) is 66.5 Å². The maximum Gasteiger partial charge on any atom is 0.0563 e. The van der Waals surface area contributed by atoms with Gasteiger partial charge in [-0.15, -0.1) is 0 Å². The zero-order chi connectivity index (χ0) is 12.8. The Kier molecular flexibility index (Phi) is 2.16. The highest BCUT2D eigenvalue weighted by molar-refractivity contribution is 5.93. The molecule has 1 atom stereocenters. The van der Waals surface area contributed by atoms with Crippen LogP contribution in [0.3, 0.4) is 0 Å². The third kappa shape index (κ3) is 1.48. The van der Waals surface area contributed by atoms with E-state index in [0.717, 1.165) is 0 Å². The maximum absolute atomic E-state index is 2.33. The average Bonchev–Trinajstić information content (AvgIpc) is 2.47. The highest BCUT2D eigenvalue weighted by atomic mass is 15.2. The molecule has 2 aliphatic rings. The molecular weight excluding hydrogens is 230 g/mol. The Labute approximate surface area is 113 Å². The minimum atomic E-state index is 0.390. The van der Waals surface area contributed by atoms with Gasteiger partial charge in [0.2, 0.25) is 0 Å². The van der Waals surface area contributed by atoms with Crippen LogP contribution in [0.1, 0.15) is 24.1 Å². The van der Waals surface area contributed by atoms with Gasteiger partial charge in [0, 0.05) is 11.9 Å². The molecule has 0 fully saturated rings. The quantitative estimate of drug-likeness (QED) is 0.653. The molecule has 4 rings (SSSR count). The molecule has 2 aromatic carbocycles. The Balaban J connectivity index is 2.04. The van der Waals surface area contributed by atoms with Crippen LogP contribution in [-0.4, -0.2) is 4.90 Å². The Morgan fingerprint density at radius 2 is 1.89 bits per heavy atom. The molecule has 1 nitrogen and oxygen atoms in total. The minimum Gasteiger partial charge on any atom is -0.341 e. The summed E-state index contributed by atoms with van der Waals surface area (Å²) in [5, 5.41) is 2.66. The lowest BCUT2D eigenvalue weighted by Crippen LogP contribution is -2.24. The summed E-state index contributed by atoms with van der Waals surface area (Å²) in [6, 6.07) is 13.5. The van der Waals surface area contributed by atoms with Gasteiger partial charge < -0.3 is 4.90 Å². The molecule has 2 aliphatic heterocycles. The van der Waals surface area contributed by atoms with E-state index in [-0.39, 0.29) is 0 Å². The predicted molar refractivity (Wildman–Crippen MR) is 80.5 cm³/mol. The molecule has 0 bridgehead atoms. The summed E-state index contributed by atoms with van der Waals surface area (Å²) in [6.07, 6.45) is 10.8. The van der Waals surface area contributed by atoms with E-state index in [2.05, 4.69) is 78.7 Å². The van der Waals surface area contributed by atoms with E-state index in [9.17, 15) is 0 Å². The zero-order valence-electron chi connectivity index (χ0n) is 10.9. The maximum atomic E-state index is 2.33. The molecule has 0 N–H and O–H groups in total. The van der Waals surface area contributed by atoms with E-state index in [1.54, 1.807) is 0 Å². The molecule has 0 radical (unpaired) electrons. The lowest BCUT2D eigenvalue weighted by atomic mass is 9.90. The summed E-state index contributed by atoms with van der Waals surface area (Å²) in [4.78, 5) is 2.33. The molecule has 2 aromatic rings. The van der Waals surface area contributed by atoms with Crippen molar-refractivity contribution >= 4 is 16.8 Å². The van der Waals surface area contributed by atoms with Gasteiger partial charge in [-0.2, -0.15) is 0 Å². The number of hydrogen-bond acceptors (Lipinski definition) is 1. The zero-order valence-corrected chi connectivity index (χ0v) is 10.9. The van der Waals surface area contributed by atoms with Crippen molar-refractivity contribution in [2.75, 3.05) is 0 Å². The smallest absolute Gasteiger partial charge is 0.0563 e. The highest BCUT2D eigenvalue weighted by Gasteiger charge is 2.24. The fourth-order valence-electron chi connectivity index (χ4n) is 3.08. The number of hydrogen-bond donors (Lipinski definition) is 0. The van der Waals surface area contributed by atoms with Gasteiger partial charge in [0.05, 0.1) is 6.04 Å². The first kappa shape index (κ1) is 10.6. The number of rotatable bonds is 0. The van der Waals surface area contributed by atoms with Gasteiger partial charge in [-0.3, -0.25) is 0 Å². The topological polar surface area (TPSA) is 3.24 Å². The molecule has 92 valence electrons. The average molecular weight is 245 g/mol. The summed E-state index contributed by atoms with van der Waals surface area (Å²) in [5.74, 6) is 0. The van der Waals surface area contributed by atoms with Crippen LogP contribution in [0.25, 0.3) is 16.8 Å². The van der Waals surface area contributed by atoms with Crippen molar-refractivity contribution < 1.29 is 0 Å². The number of nitrogens with zero attached hydrogens (tertiary/aromatic N) is 1. The third-order valence-corrected chi connectivity index (χ3v) is 4.09. The van der Waals surface area contributed by atoms with Crippen molar-refractivity contribution in [1.29, 1.82) is 0 Å². The molecule has 0 saturated heterocycles. The van der Waals surface area contributed by atoms with E-state index in [1.165, 1.54) is 27.6 Å². The molecular formula is C18H15N. The van der Waals surface area contributed by atoms with Crippen LogP contribution in [0.5, 0.6) is 0 Å². The summed E-state index contributed by atoms with van der Waals surface area (Å²) >= 11 is 0. The number of allylic oxidation sites excluding steroid dienone is 3. The highest BCUT2D eigenvalue weighted by Crippen LogP contribution is 2.38. The van der Waals surface area contributed by atoms with E-state index >= 15 is 0 Å². The first-order valence-electron chi connectivity index (χ1n) is 6.71. The Hall–Kier alpha value is -2.28. The molecule has 0 spiro atoms. The van der Waals surface area contributed by atoms with E-state index in [1.807, 2.05) is 0 Å². The van der Waals surface area contributed by atoms with E-state index in [4.69, 9.17) is 0 Å². The summed E-state index contributed by atoms with van der Waals surface area (Å²) < 4.78 is 0. The van der Waals surface area contributed by atoms with Crippen molar-refractivity contribution in [2.45, 2.75) is 13.0 Å². The monoisotopic (exact) mass is 245 g/mol. The molecule has 1 heteroatoms. The van der Waals surface area contributed by atoms with Gasteiger partial charge in [0.25, 0.3) is 0 Å². The first-order chi connectivity index (χ1) is 9.34. The van der Waals surface area contributed by atoms with Crippen molar-refractivity contribution in [3.63, 3.8) is 0 Å². The third-order valence-electron chi connectivity index (χ3n) is 4.09. The Morgan fingerprint density at radius 1 is 1.00 bits per heavy atom. The Bertz CT molecular complexity index is 749. The van der Waals surface area contributed by atoms with Gasteiger partial charge in [0.1, 0.15) is 0 Å². The summed E-state index contributed by atoms with van der Waals surface area (Å²) in [6.45, 7) is 2.27. The van der Waals surface area contributed by atoms with Gasteiger partial charge in [-0.1, -0.05) is 42.5 Å². The molecule has 0 saturated carbocycles. The fourth-order valence-corrected chi connectivity index (χ4v) is 3.08. The van der Waals surface area contributed by atoms with Crippen molar-refractivity contribution in [3.05, 3.63) is 77.7 Å². The first-order valence-corrected chi connectivity index (χ1v) is 6.71. The van der Waals surface area contributed by atoms with Gasteiger partial charge >= 0.3 is 0 Å². The van der Waals surface area contributed by atoms with Crippen LogP contribution < -0.4 is 0 Å². The standard InChI is InChI=1S/C18H15N/c1-13-16-10-9-14-6-2-3-8-17(14)18(16)12-15-7-4-5-11-19(13)15/h2-13H,1H3. The van der Waals surface area contributed by atoms with Crippen molar-refractivity contribution in [1.82, 2.24) is 4.90 Å². The summed E-state index contributed by atoms with van der Waals surface area (Å²) in [7, 11) is 0. The van der Waals surface area contributed by atoms with Gasteiger partial charge in [-0.25, -0.2) is 0 Å². The second-order valence-corrected chi connectivity index (χ2v) is 5.14. The van der Waals surface area contributed by atoms with Gasteiger partial charge in [-0.05, 0) is 47.1 Å². The fraction of sp³-hybridized carbons (Fsp3) is 0.111. The molecule has 2 heterocycles. The van der Waals surface area contributed by atoms with E-state index < -0.39 is 0 Å². The lowest BCUT2D eigenvalue weighted by Gasteiger charge is -2.35. The molecule has 1 unspecified atom stereocenters. The molecule has 0 aliphatic carbocycles. The van der Waals surface area contributed by atoms with Crippen LogP contribution >= 0.6 is 0 Å². The second kappa shape index (κ2) is 3.86. The molecule has 19 heavy (non-hydrogen) atoms. The minimum absolute atomic E-state index is 0.390. The van der Waals surface area contributed by atoms with Crippen LogP contribution in [0.4, 0.5) is 0 Å². The predicted octanol–water partition coefficient (Wildman–Crippen LogP) is 4.64. The molecule has 0 aromatic heterocycles. The number of benzene rings is 2. The van der Waals surface area contributed by atoms with Crippen molar-refractivity contribution in [2.24, 2.45) is 0 Å². The molecule has 0 amide bonds.